The van der Waals surface area contributed by atoms with Crippen LogP contribution in [0.2, 0.25) is 0 Å². The number of nitrogens with one attached hydrogen (secondary N) is 2. The molecule has 0 unspecified atom stereocenters. The van der Waals surface area contributed by atoms with Gasteiger partial charge in [-0.25, -0.2) is 0 Å². The van der Waals surface area contributed by atoms with Crippen LogP contribution in [0.25, 0.3) is 0 Å². The number of hydrogen-bond acceptors (Lipinski definition) is 4. The van der Waals surface area contributed by atoms with Crippen LogP contribution < -0.4 is 20.3 Å². The van der Waals surface area contributed by atoms with E-state index in [-0.39, 0.29) is 11.0 Å². The molecule has 0 bridgehead atoms. The molecule has 0 aliphatic carbocycles. The van der Waals surface area contributed by atoms with Crippen LogP contribution in [0.15, 0.2) is 40.9 Å². The largest absolute Gasteiger partial charge is 0.496 e. The van der Waals surface area contributed by atoms with Crippen molar-refractivity contribution in [3.8, 4) is 5.75 Å². The molecular weight excluding hydrogens is 426 g/mol. The van der Waals surface area contributed by atoms with E-state index in [0.29, 0.717) is 15.8 Å². The average Bonchev–Trinajstić information content (AvgIpc) is 2.64. The molecule has 7 heteroatoms. The first-order valence-electron chi connectivity index (χ1n) is 8.71. The Labute approximate surface area is 174 Å². The third-order valence-electron chi connectivity index (χ3n) is 4.23. The monoisotopic (exact) mass is 449 g/mol. The number of thiocarbonyl (C=S) groups is 1. The van der Waals surface area contributed by atoms with E-state index >= 15 is 0 Å². The maximum atomic E-state index is 12.4. The lowest BCUT2D eigenvalue weighted by Crippen LogP contribution is -2.34. The summed E-state index contributed by atoms with van der Waals surface area (Å²) in [6.07, 6.45) is 0. The highest BCUT2D eigenvalue weighted by Crippen LogP contribution is 2.25. The molecule has 0 atom stereocenters. The molecule has 0 aliphatic heterocycles. The first kappa shape index (κ1) is 21.2. The van der Waals surface area contributed by atoms with E-state index < -0.39 is 0 Å². The number of rotatable bonds is 6. The Bertz CT molecular complexity index is 838. The first-order valence-corrected chi connectivity index (χ1v) is 9.91. The van der Waals surface area contributed by atoms with Crippen LogP contribution in [0, 0.1) is 6.92 Å². The second-order valence-electron chi connectivity index (χ2n) is 5.93. The van der Waals surface area contributed by atoms with Crippen molar-refractivity contribution in [1.29, 1.82) is 0 Å². The SMILES string of the molecule is CCN(CC)c1ccc(NC(=S)NC(=O)c2ccc(OC)c(Br)c2)c(C)c1. The first-order chi connectivity index (χ1) is 12.9. The number of benzene rings is 2. The number of anilines is 2. The van der Waals surface area contributed by atoms with Gasteiger partial charge < -0.3 is 15.0 Å². The van der Waals surface area contributed by atoms with Gasteiger partial charge in [0.15, 0.2) is 5.11 Å². The lowest BCUT2D eigenvalue weighted by molar-refractivity contribution is 0.0977. The van der Waals surface area contributed by atoms with Crippen LogP contribution in [0.4, 0.5) is 11.4 Å². The van der Waals surface area contributed by atoms with Crippen LogP contribution in [0.5, 0.6) is 5.75 Å². The predicted molar refractivity (Wildman–Crippen MR) is 119 cm³/mol. The van der Waals surface area contributed by atoms with Gasteiger partial charge in [-0.1, -0.05) is 0 Å². The quantitative estimate of drug-likeness (QED) is 0.623. The molecule has 0 fully saturated rings. The summed E-state index contributed by atoms with van der Waals surface area (Å²) < 4.78 is 5.88. The van der Waals surface area contributed by atoms with Gasteiger partial charge in [-0.2, -0.15) is 0 Å². The third-order valence-corrected chi connectivity index (χ3v) is 5.05. The number of halogens is 1. The van der Waals surface area contributed by atoms with Gasteiger partial charge in [0.1, 0.15) is 5.75 Å². The zero-order valence-electron chi connectivity index (χ0n) is 15.9. The molecule has 27 heavy (non-hydrogen) atoms. The van der Waals surface area contributed by atoms with E-state index in [9.17, 15) is 4.79 Å². The number of methoxy groups -OCH3 is 1. The third kappa shape index (κ3) is 5.43. The summed E-state index contributed by atoms with van der Waals surface area (Å²) in [5.41, 5.74) is 3.58. The molecule has 0 spiro atoms. The molecule has 2 N–H and O–H groups in total. The number of carbonyl (C=O) groups excluding carboxylic acids is 1. The Hall–Kier alpha value is -2.12. The molecule has 0 aliphatic rings. The van der Waals surface area contributed by atoms with Gasteiger partial charge in [-0.3, -0.25) is 10.1 Å². The highest BCUT2D eigenvalue weighted by Gasteiger charge is 2.12. The Morgan fingerprint density at radius 1 is 1.19 bits per heavy atom. The summed E-state index contributed by atoms with van der Waals surface area (Å²) in [6.45, 7) is 8.18. The zero-order valence-corrected chi connectivity index (χ0v) is 18.3. The lowest BCUT2D eigenvalue weighted by atomic mass is 10.1. The van der Waals surface area contributed by atoms with E-state index in [0.717, 1.165) is 24.3 Å². The van der Waals surface area contributed by atoms with E-state index in [1.807, 2.05) is 19.1 Å². The molecule has 0 saturated carbocycles. The maximum absolute atomic E-state index is 12.4. The van der Waals surface area contributed by atoms with E-state index in [2.05, 4.69) is 51.4 Å². The summed E-state index contributed by atoms with van der Waals surface area (Å²) in [4.78, 5) is 14.7. The van der Waals surface area contributed by atoms with Crippen molar-refractivity contribution in [2.24, 2.45) is 0 Å². The van der Waals surface area contributed by atoms with Gasteiger partial charge in [0.2, 0.25) is 0 Å². The van der Waals surface area contributed by atoms with Crippen molar-refractivity contribution in [1.82, 2.24) is 5.32 Å². The fourth-order valence-corrected chi connectivity index (χ4v) is 3.45. The number of aryl methyl sites for hydroxylation is 1. The van der Waals surface area contributed by atoms with Gasteiger partial charge in [0.25, 0.3) is 5.91 Å². The van der Waals surface area contributed by atoms with Gasteiger partial charge in [0, 0.05) is 30.0 Å². The van der Waals surface area contributed by atoms with Crippen molar-refractivity contribution >= 4 is 50.5 Å². The molecule has 2 rings (SSSR count). The van der Waals surface area contributed by atoms with Crippen LogP contribution in [0.1, 0.15) is 29.8 Å². The topological polar surface area (TPSA) is 53.6 Å². The molecular formula is C20H24BrN3O2S. The predicted octanol–water partition coefficient (Wildman–Crippen LogP) is 4.74. The average molecular weight is 450 g/mol. The second-order valence-corrected chi connectivity index (χ2v) is 7.19. The van der Waals surface area contributed by atoms with Crippen molar-refractivity contribution in [3.05, 3.63) is 52.0 Å². The van der Waals surface area contributed by atoms with E-state index in [4.69, 9.17) is 17.0 Å². The van der Waals surface area contributed by atoms with E-state index in [1.165, 1.54) is 5.69 Å². The molecule has 1 amide bonds. The summed E-state index contributed by atoms with van der Waals surface area (Å²) >= 11 is 8.67. The molecule has 144 valence electrons. The minimum atomic E-state index is -0.284. The zero-order chi connectivity index (χ0) is 20.0. The summed E-state index contributed by atoms with van der Waals surface area (Å²) in [7, 11) is 1.58. The Balaban J connectivity index is 2.05. The molecule has 0 heterocycles. The number of ether oxygens (including phenoxy) is 1. The summed E-state index contributed by atoms with van der Waals surface area (Å²) in [6, 6.07) is 11.2. The van der Waals surface area contributed by atoms with E-state index in [1.54, 1.807) is 25.3 Å². The smallest absolute Gasteiger partial charge is 0.257 e. The molecule has 0 saturated heterocycles. The normalized spacial score (nSPS) is 10.3. The van der Waals surface area contributed by atoms with Gasteiger partial charge in [-0.15, -0.1) is 0 Å². The number of hydrogen-bond donors (Lipinski definition) is 2. The minimum Gasteiger partial charge on any atom is -0.496 e. The minimum absolute atomic E-state index is 0.255. The van der Waals surface area contributed by atoms with Crippen molar-refractivity contribution in [3.63, 3.8) is 0 Å². The second kappa shape index (κ2) is 9.71. The van der Waals surface area contributed by atoms with Crippen LogP contribution in [-0.4, -0.2) is 31.2 Å². The highest BCUT2D eigenvalue weighted by atomic mass is 79.9. The molecule has 5 nitrogen and oxygen atoms in total. The lowest BCUT2D eigenvalue weighted by Gasteiger charge is -2.22. The molecule has 2 aromatic rings. The highest BCUT2D eigenvalue weighted by molar-refractivity contribution is 9.10. The number of amides is 1. The van der Waals surface area contributed by atoms with Crippen molar-refractivity contribution < 1.29 is 9.53 Å². The van der Waals surface area contributed by atoms with Crippen LogP contribution >= 0.6 is 28.1 Å². The van der Waals surface area contributed by atoms with Crippen molar-refractivity contribution in [2.75, 3.05) is 30.4 Å². The fraction of sp³-hybridized carbons (Fsp3) is 0.300. The van der Waals surface area contributed by atoms with Crippen molar-refractivity contribution in [2.45, 2.75) is 20.8 Å². The fourth-order valence-electron chi connectivity index (χ4n) is 2.71. The maximum Gasteiger partial charge on any atom is 0.257 e. The van der Waals surface area contributed by atoms with Crippen LogP contribution in [-0.2, 0) is 0 Å². The van der Waals surface area contributed by atoms with Gasteiger partial charge in [-0.05, 0) is 90.9 Å². The molecule has 2 aromatic carbocycles. The Kier molecular flexibility index (Phi) is 7.62. The number of nitrogens with zero attached hydrogens (tertiary/aromatic N) is 1. The summed E-state index contributed by atoms with van der Waals surface area (Å²) in [5.74, 6) is 0.379. The molecule has 0 aromatic heterocycles. The number of carbonyl (C=O) groups is 1. The Morgan fingerprint density at radius 3 is 2.44 bits per heavy atom. The summed E-state index contributed by atoms with van der Waals surface area (Å²) in [5, 5.41) is 6.06. The molecule has 0 radical (unpaired) electrons. The van der Waals surface area contributed by atoms with Crippen LogP contribution in [0.3, 0.4) is 0 Å². The standard InChI is InChI=1S/C20H24BrN3O2S/c1-5-24(6-2)15-8-9-17(13(3)11-15)22-20(27)23-19(25)14-7-10-18(26-4)16(21)12-14/h7-12H,5-6H2,1-4H3,(H2,22,23,25,27). The van der Waals surface area contributed by atoms with Gasteiger partial charge in [0.05, 0.1) is 11.6 Å². The Morgan fingerprint density at radius 2 is 1.89 bits per heavy atom. The van der Waals surface area contributed by atoms with Gasteiger partial charge >= 0.3 is 0 Å².